The van der Waals surface area contributed by atoms with E-state index in [0.29, 0.717) is 6.42 Å². The standard InChI is InChI=1S/C27H29N3O3/c1-16-23-24(19-13-18(32-4)11-12-22(19)33-5)25-20(14-27(2,3)15-21(25)31)28-26(23)30(29-16)17-9-7-6-8-10-17/h6-13,24,28H,14-15H2,1-5H3/t24-/m0/s1. The van der Waals surface area contributed by atoms with Crippen molar-refractivity contribution >= 4 is 11.6 Å². The smallest absolute Gasteiger partial charge is 0.162 e. The van der Waals surface area contributed by atoms with Crippen LogP contribution in [-0.4, -0.2) is 29.8 Å². The second-order valence-electron chi connectivity index (χ2n) is 9.59. The molecule has 0 radical (unpaired) electrons. The molecule has 0 amide bonds. The Bertz CT molecular complexity index is 1270. The fourth-order valence-corrected chi connectivity index (χ4v) is 5.21. The number of nitrogens with zero attached hydrogens (tertiary/aromatic N) is 2. The molecule has 0 unspecified atom stereocenters. The van der Waals surface area contributed by atoms with Crippen molar-refractivity contribution in [3.63, 3.8) is 0 Å². The minimum atomic E-state index is -0.289. The van der Waals surface area contributed by atoms with Crippen LogP contribution in [0.5, 0.6) is 11.5 Å². The van der Waals surface area contributed by atoms with E-state index in [1.807, 2.05) is 60.1 Å². The molecule has 170 valence electrons. The van der Waals surface area contributed by atoms with Crippen molar-refractivity contribution in [3.05, 3.63) is 76.6 Å². The van der Waals surface area contributed by atoms with Crippen LogP contribution in [0.2, 0.25) is 0 Å². The van der Waals surface area contributed by atoms with Crippen LogP contribution in [-0.2, 0) is 4.79 Å². The number of carbonyl (C=O) groups is 1. The van der Waals surface area contributed by atoms with Gasteiger partial charge in [-0.05, 0) is 49.1 Å². The number of ether oxygens (including phenoxy) is 2. The normalized spacial score (nSPS) is 18.9. The van der Waals surface area contributed by atoms with E-state index in [2.05, 4.69) is 19.2 Å². The monoisotopic (exact) mass is 443 g/mol. The lowest BCUT2D eigenvalue weighted by molar-refractivity contribution is -0.118. The summed E-state index contributed by atoms with van der Waals surface area (Å²) in [5.41, 5.74) is 5.42. The SMILES string of the molecule is COc1ccc(OC)c([C@@H]2C3=C(CC(C)(C)CC3=O)Nc3c2c(C)nn3-c2ccccc2)c1. The second kappa shape index (κ2) is 7.80. The number of hydrogen-bond donors (Lipinski definition) is 1. The van der Waals surface area contributed by atoms with E-state index in [1.165, 1.54) is 0 Å². The highest BCUT2D eigenvalue weighted by Crippen LogP contribution is 2.52. The molecule has 1 N–H and O–H groups in total. The largest absolute Gasteiger partial charge is 0.497 e. The number of methoxy groups -OCH3 is 2. The maximum atomic E-state index is 13.6. The zero-order chi connectivity index (χ0) is 23.3. The number of anilines is 1. The molecule has 6 nitrogen and oxygen atoms in total. The number of aromatic nitrogens is 2. The van der Waals surface area contributed by atoms with Gasteiger partial charge in [0.25, 0.3) is 0 Å². The van der Waals surface area contributed by atoms with Gasteiger partial charge in [-0.1, -0.05) is 32.0 Å². The molecule has 0 saturated carbocycles. The summed E-state index contributed by atoms with van der Waals surface area (Å²) < 4.78 is 13.2. The molecule has 0 fully saturated rings. The number of para-hydroxylation sites is 1. The third-order valence-electron chi connectivity index (χ3n) is 6.62. The van der Waals surface area contributed by atoms with Crippen molar-refractivity contribution in [1.29, 1.82) is 0 Å². The van der Waals surface area contributed by atoms with Gasteiger partial charge in [0.1, 0.15) is 17.3 Å². The summed E-state index contributed by atoms with van der Waals surface area (Å²) in [5, 5.41) is 8.53. The topological polar surface area (TPSA) is 65.4 Å². The molecule has 1 aliphatic carbocycles. The second-order valence-corrected chi connectivity index (χ2v) is 9.59. The fourth-order valence-electron chi connectivity index (χ4n) is 5.21. The van der Waals surface area contributed by atoms with Crippen LogP contribution in [0.4, 0.5) is 5.82 Å². The van der Waals surface area contributed by atoms with Gasteiger partial charge < -0.3 is 14.8 Å². The number of allylic oxidation sites excluding steroid dienone is 2. The molecule has 6 heteroatoms. The number of fused-ring (bicyclic) bond motifs is 1. The van der Waals surface area contributed by atoms with E-state index in [1.54, 1.807) is 14.2 Å². The zero-order valence-electron chi connectivity index (χ0n) is 19.7. The average Bonchev–Trinajstić information content (AvgIpc) is 3.13. The van der Waals surface area contributed by atoms with Gasteiger partial charge in [-0.25, -0.2) is 4.68 Å². The van der Waals surface area contributed by atoms with Crippen molar-refractivity contribution in [1.82, 2.24) is 9.78 Å². The van der Waals surface area contributed by atoms with E-state index in [-0.39, 0.29) is 17.1 Å². The number of aryl methyl sites for hydroxylation is 1. The van der Waals surface area contributed by atoms with Gasteiger partial charge in [-0.2, -0.15) is 5.10 Å². The molecule has 0 saturated heterocycles. The van der Waals surface area contributed by atoms with Crippen molar-refractivity contribution in [2.75, 3.05) is 19.5 Å². The third-order valence-corrected chi connectivity index (χ3v) is 6.62. The summed E-state index contributed by atoms with van der Waals surface area (Å²) >= 11 is 0. The molecule has 2 heterocycles. The van der Waals surface area contributed by atoms with Gasteiger partial charge >= 0.3 is 0 Å². The number of carbonyl (C=O) groups excluding carboxylic acids is 1. The van der Waals surface area contributed by atoms with Crippen LogP contribution in [0.15, 0.2) is 59.8 Å². The number of benzene rings is 2. The van der Waals surface area contributed by atoms with Crippen molar-refractivity contribution < 1.29 is 14.3 Å². The van der Waals surface area contributed by atoms with Gasteiger partial charge in [0.2, 0.25) is 0 Å². The number of rotatable bonds is 4. The molecule has 2 aliphatic rings. The van der Waals surface area contributed by atoms with Gasteiger partial charge in [0.15, 0.2) is 5.78 Å². The van der Waals surface area contributed by atoms with Crippen LogP contribution >= 0.6 is 0 Å². The summed E-state index contributed by atoms with van der Waals surface area (Å²) in [5.74, 6) is 2.23. The summed E-state index contributed by atoms with van der Waals surface area (Å²) in [6, 6.07) is 15.8. The van der Waals surface area contributed by atoms with Crippen LogP contribution in [0.1, 0.15) is 49.4 Å². The number of Topliss-reactive ketones (excluding diaryl/α,β-unsaturated/α-hetero) is 1. The predicted molar refractivity (Wildman–Crippen MR) is 128 cm³/mol. The van der Waals surface area contributed by atoms with Crippen molar-refractivity contribution in [2.45, 2.75) is 39.5 Å². The molecule has 3 aromatic rings. The average molecular weight is 444 g/mol. The fraction of sp³-hybridized carbons (Fsp3) is 0.333. The number of nitrogens with one attached hydrogen (secondary N) is 1. The first-order chi connectivity index (χ1) is 15.8. The highest BCUT2D eigenvalue weighted by molar-refractivity contribution is 6.01. The molecule has 1 aliphatic heterocycles. The highest BCUT2D eigenvalue weighted by atomic mass is 16.5. The van der Waals surface area contributed by atoms with E-state index in [4.69, 9.17) is 14.6 Å². The minimum absolute atomic E-state index is 0.115. The molecule has 0 bridgehead atoms. The Morgan fingerprint density at radius 3 is 2.52 bits per heavy atom. The van der Waals surface area contributed by atoms with Gasteiger partial charge in [0, 0.05) is 34.7 Å². The lowest BCUT2D eigenvalue weighted by Crippen LogP contribution is -2.34. The van der Waals surface area contributed by atoms with Gasteiger partial charge in [-0.3, -0.25) is 4.79 Å². The van der Waals surface area contributed by atoms with E-state index in [9.17, 15) is 4.79 Å². The van der Waals surface area contributed by atoms with E-state index in [0.717, 1.165) is 57.5 Å². The van der Waals surface area contributed by atoms with E-state index < -0.39 is 0 Å². The third kappa shape index (κ3) is 3.50. The van der Waals surface area contributed by atoms with Crippen LogP contribution < -0.4 is 14.8 Å². The summed E-state index contributed by atoms with van der Waals surface area (Å²) in [7, 11) is 3.31. The first-order valence-electron chi connectivity index (χ1n) is 11.2. The lowest BCUT2D eigenvalue weighted by atomic mass is 9.69. The van der Waals surface area contributed by atoms with Crippen LogP contribution in [0.25, 0.3) is 5.69 Å². The van der Waals surface area contributed by atoms with Crippen LogP contribution in [0.3, 0.4) is 0 Å². The van der Waals surface area contributed by atoms with Crippen LogP contribution in [0, 0.1) is 12.3 Å². The quantitative estimate of drug-likeness (QED) is 0.585. The summed E-state index contributed by atoms with van der Waals surface area (Å²) in [6.07, 6.45) is 1.30. The number of hydrogen-bond acceptors (Lipinski definition) is 5. The molecule has 5 rings (SSSR count). The first-order valence-corrected chi connectivity index (χ1v) is 11.2. The van der Waals surface area contributed by atoms with Gasteiger partial charge in [0.05, 0.1) is 25.6 Å². The van der Waals surface area contributed by atoms with Crippen molar-refractivity contribution in [3.8, 4) is 17.2 Å². The maximum absolute atomic E-state index is 13.6. The molecular formula is C27H29N3O3. The van der Waals surface area contributed by atoms with Gasteiger partial charge in [-0.15, -0.1) is 0 Å². The molecule has 1 aromatic heterocycles. The predicted octanol–water partition coefficient (Wildman–Crippen LogP) is 5.40. The Balaban J connectivity index is 1.80. The Hall–Kier alpha value is -3.54. The zero-order valence-corrected chi connectivity index (χ0v) is 19.7. The Morgan fingerprint density at radius 1 is 1.06 bits per heavy atom. The Kier molecular flexibility index (Phi) is 5.04. The Morgan fingerprint density at radius 2 is 1.82 bits per heavy atom. The highest BCUT2D eigenvalue weighted by Gasteiger charge is 2.43. The maximum Gasteiger partial charge on any atom is 0.162 e. The molecule has 33 heavy (non-hydrogen) atoms. The molecular weight excluding hydrogens is 414 g/mol. The summed E-state index contributed by atoms with van der Waals surface area (Å²) in [6.45, 7) is 6.29. The van der Waals surface area contributed by atoms with E-state index >= 15 is 0 Å². The Labute approximate surface area is 194 Å². The molecule has 0 spiro atoms. The first kappa shape index (κ1) is 21.3. The summed E-state index contributed by atoms with van der Waals surface area (Å²) in [4.78, 5) is 13.6. The minimum Gasteiger partial charge on any atom is -0.497 e. The molecule has 2 aromatic carbocycles. The number of ketones is 1. The van der Waals surface area contributed by atoms with Crippen molar-refractivity contribution in [2.24, 2.45) is 5.41 Å². The molecule has 1 atom stereocenters. The lowest BCUT2D eigenvalue weighted by Gasteiger charge is -2.39.